The number of nitrogens with zero attached hydrogens (tertiary/aromatic N) is 1. The number of pyridine rings is 1. The Morgan fingerprint density at radius 2 is 1.92 bits per heavy atom. The van der Waals surface area contributed by atoms with Gasteiger partial charge in [0, 0.05) is 29.6 Å². The summed E-state index contributed by atoms with van der Waals surface area (Å²) in [4.78, 5) is 16.4. The van der Waals surface area contributed by atoms with E-state index in [4.69, 9.17) is 0 Å². The molecule has 1 amide bonds. The molecule has 0 radical (unpaired) electrons. The topological polar surface area (TPSA) is 63.2 Å². The molecule has 0 spiro atoms. The summed E-state index contributed by atoms with van der Waals surface area (Å²) in [5.41, 5.74) is 0.888. The normalized spacial score (nSPS) is 15.5. The van der Waals surface area contributed by atoms with Gasteiger partial charge in [-0.1, -0.05) is 18.2 Å². The van der Waals surface area contributed by atoms with Crippen molar-refractivity contribution in [2.75, 3.05) is 13.1 Å². The first-order valence-corrected chi connectivity index (χ1v) is 8.24. The fourth-order valence-electron chi connectivity index (χ4n) is 2.87. The number of hydrogen-bond donors (Lipinski definition) is 2. The summed E-state index contributed by atoms with van der Waals surface area (Å²) < 4.78 is 41.9. The van der Waals surface area contributed by atoms with E-state index in [0.29, 0.717) is 11.1 Å². The molecule has 0 aliphatic carbocycles. The molecule has 3 rings (SSSR count). The maximum absolute atomic E-state index is 12.6. The predicted molar refractivity (Wildman–Crippen MR) is 89.7 cm³/mol. The van der Waals surface area contributed by atoms with Gasteiger partial charge in [0.15, 0.2) is 0 Å². The number of aromatic nitrogens is 1. The molecular formula is C18H18F3N3O2. The number of halogens is 3. The van der Waals surface area contributed by atoms with Crippen molar-refractivity contribution in [3.63, 3.8) is 0 Å². The number of nitrogens with one attached hydrogen (secondary N) is 2. The van der Waals surface area contributed by atoms with Gasteiger partial charge in [-0.05, 0) is 38.1 Å². The van der Waals surface area contributed by atoms with E-state index in [9.17, 15) is 18.0 Å². The molecule has 26 heavy (non-hydrogen) atoms. The summed E-state index contributed by atoms with van der Waals surface area (Å²) in [5, 5.41) is 6.15. The highest BCUT2D eigenvalue weighted by Crippen LogP contribution is 2.33. The second kappa shape index (κ2) is 7.74. The van der Waals surface area contributed by atoms with Gasteiger partial charge in [0.2, 0.25) is 0 Å². The maximum atomic E-state index is 12.6. The third-order valence-electron chi connectivity index (χ3n) is 4.10. The van der Waals surface area contributed by atoms with Gasteiger partial charge >= 0.3 is 6.36 Å². The molecule has 2 N–H and O–H groups in total. The maximum Gasteiger partial charge on any atom is 0.573 e. The zero-order chi connectivity index (χ0) is 18.6. The van der Waals surface area contributed by atoms with Gasteiger partial charge in [-0.3, -0.25) is 9.78 Å². The number of para-hydroxylation sites is 1. The largest absolute Gasteiger partial charge is 0.573 e. The van der Waals surface area contributed by atoms with E-state index in [-0.39, 0.29) is 23.3 Å². The van der Waals surface area contributed by atoms with Gasteiger partial charge in [-0.25, -0.2) is 0 Å². The minimum Gasteiger partial charge on any atom is -0.405 e. The van der Waals surface area contributed by atoms with Crippen LogP contribution < -0.4 is 15.4 Å². The molecule has 1 aromatic heterocycles. The van der Waals surface area contributed by atoms with Crippen LogP contribution in [-0.4, -0.2) is 36.4 Å². The molecular weight excluding hydrogens is 347 g/mol. The number of rotatable bonds is 4. The van der Waals surface area contributed by atoms with Crippen LogP contribution in [0.2, 0.25) is 0 Å². The summed E-state index contributed by atoms with van der Waals surface area (Å²) in [6.07, 6.45) is -0.331. The zero-order valence-electron chi connectivity index (χ0n) is 13.8. The van der Waals surface area contributed by atoms with Crippen molar-refractivity contribution in [3.05, 3.63) is 48.3 Å². The van der Waals surface area contributed by atoms with E-state index >= 15 is 0 Å². The molecule has 8 heteroatoms. The standard InChI is InChI=1S/C18H18F3N3O2/c19-18(20,21)26-16-4-2-1-3-15(16)12-9-13(11-23-10-12)17(25)24-14-5-7-22-8-6-14/h1-4,9-11,14,22H,5-8H2,(H,24,25). The minimum atomic E-state index is -4.80. The van der Waals surface area contributed by atoms with E-state index in [1.54, 1.807) is 6.07 Å². The molecule has 0 bridgehead atoms. The first-order chi connectivity index (χ1) is 12.4. The first kappa shape index (κ1) is 18.2. The lowest BCUT2D eigenvalue weighted by Crippen LogP contribution is -2.42. The van der Waals surface area contributed by atoms with Gasteiger partial charge in [0.05, 0.1) is 5.56 Å². The van der Waals surface area contributed by atoms with Crippen LogP contribution in [0.25, 0.3) is 11.1 Å². The van der Waals surface area contributed by atoms with Crippen molar-refractivity contribution in [1.82, 2.24) is 15.6 Å². The Hall–Kier alpha value is -2.61. The third-order valence-corrected chi connectivity index (χ3v) is 4.10. The summed E-state index contributed by atoms with van der Waals surface area (Å²) in [7, 11) is 0. The van der Waals surface area contributed by atoms with Crippen molar-refractivity contribution in [2.24, 2.45) is 0 Å². The molecule has 2 heterocycles. The lowest BCUT2D eigenvalue weighted by molar-refractivity contribution is -0.274. The molecule has 1 saturated heterocycles. The molecule has 1 aliphatic rings. The molecule has 5 nitrogen and oxygen atoms in total. The van der Waals surface area contributed by atoms with Crippen molar-refractivity contribution in [1.29, 1.82) is 0 Å². The highest BCUT2D eigenvalue weighted by molar-refractivity contribution is 5.95. The molecule has 138 valence electrons. The summed E-state index contributed by atoms with van der Waals surface area (Å²) >= 11 is 0. The minimum absolute atomic E-state index is 0.0771. The predicted octanol–water partition coefficient (Wildman–Crippen LogP) is 3.13. The Balaban J connectivity index is 1.82. The van der Waals surface area contributed by atoms with Gasteiger partial charge in [0.1, 0.15) is 5.75 Å². The Morgan fingerprint density at radius 3 is 2.65 bits per heavy atom. The van der Waals surface area contributed by atoms with Crippen LogP contribution >= 0.6 is 0 Å². The van der Waals surface area contributed by atoms with E-state index in [1.807, 2.05) is 0 Å². The number of benzene rings is 1. The van der Waals surface area contributed by atoms with Crippen molar-refractivity contribution >= 4 is 5.91 Å². The average Bonchev–Trinajstić information content (AvgIpc) is 2.62. The van der Waals surface area contributed by atoms with Crippen LogP contribution in [0.15, 0.2) is 42.7 Å². The zero-order valence-corrected chi connectivity index (χ0v) is 13.8. The Morgan fingerprint density at radius 1 is 1.19 bits per heavy atom. The Labute approximate surface area is 148 Å². The fraction of sp³-hybridized carbons (Fsp3) is 0.333. The van der Waals surface area contributed by atoms with Crippen molar-refractivity contribution in [3.8, 4) is 16.9 Å². The lowest BCUT2D eigenvalue weighted by atomic mass is 10.0. The molecule has 0 atom stereocenters. The van der Waals surface area contributed by atoms with E-state index in [0.717, 1.165) is 25.9 Å². The average molecular weight is 365 g/mol. The van der Waals surface area contributed by atoms with Gasteiger partial charge in [-0.2, -0.15) is 0 Å². The number of amides is 1. The molecule has 0 unspecified atom stereocenters. The first-order valence-electron chi connectivity index (χ1n) is 8.24. The molecule has 0 saturated carbocycles. The highest BCUT2D eigenvalue weighted by Gasteiger charge is 2.32. The van der Waals surface area contributed by atoms with E-state index in [2.05, 4.69) is 20.4 Å². The van der Waals surface area contributed by atoms with Crippen LogP contribution in [0.1, 0.15) is 23.2 Å². The molecule has 1 aromatic carbocycles. The van der Waals surface area contributed by atoms with Crippen LogP contribution in [-0.2, 0) is 0 Å². The van der Waals surface area contributed by atoms with Gasteiger partial charge < -0.3 is 15.4 Å². The third kappa shape index (κ3) is 4.72. The number of alkyl halides is 3. The summed E-state index contributed by atoms with van der Waals surface area (Å²) in [5.74, 6) is -0.627. The number of hydrogen-bond acceptors (Lipinski definition) is 4. The highest BCUT2D eigenvalue weighted by atomic mass is 19.4. The van der Waals surface area contributed by atoms with Crippen molar-refractivity contribution in [2.45, 2.75) is 25.2 Å². The van der Waals surface area contributed by atoms with Gasteiger partial charge in [-0.15, -0.1) is 13.2 Å². The number of carbonyl (C=O) groups is 1. The van der Waals surface area contributed by atoms with Crippen LogP contribution in [0.3, 0.4) is 0 Å². The lowest BCUT2D eigenvalue weighted by Gasteiger charge is -2.23. The SMILES string of the molecule is O=C(NC1CCNCC1)c1cncc(-c2ccccc2OC(F)(F)F)c1. The van der Waals surface area contributed by atoms with E-state index < -0.39 is 6.36 Å². The van der Waals surface area contributed by atoms with Crippen LogP contribution in [0, 0.1) is 0 Å². The number of carbonyl (C=O) groups excluding carboxylic acids is 1. The summed E-state index contributed by atoms with van der Waals surface area (Å²) in [6, 6.07) is 7.36. The monoisotopic (exact) mass is 365 g/mol. The number of piperidine rings is 1. The van der Waals surface area contributed by atoms with Gasteiger partial charge in [0.25, 0.3) is 5.91 Å². The van der Waals surface area contributed by atoms with Crippen molar-refractivity contribution < 1.29 is 22.7 Å². The second-order valence-electron chi connectivity index (χ2n) is 6.00. The van der Waals surface area contributed by atoms with Crippen LogP contribution in [0.5, 0.6) is 5.75 Å². The van der Waals surface area contributed by atoms with Crippen LogP contribution in [0.4, 0.5) is 13.2 Å². The fourth-order valence-corrected chi connectivity index (χ4v) is 2.87. The number of ether oxygens (including phenoxy) is 1. The van der Waals surface area contributed by atoms with E-state index in [1.165, 1.54) is 36.7 Å². The molecule has 1 fully saturated rings. The Bertz CT molecular complexity index is 774. The summed E-state index contributed by atoms with van der Waals surface area (Å²) in [6.45, 7) is 1.68. The molecule has 2 aromatic rings. The quantitative estimate of drug-likeness (QED) is 0.874. The molecule has 1 aliphatic heterocycles. The Kier molecular flexibility index (Phi) is 5.41. The smallest absolute Gasteiger partial charge is 0.405 e. The second-order valence-corrected chi connectivity index (χ2v) is 6.00.